The fourth-order valence-electron chi connectivity index (χ4n) is 7.39. The van der Waals surface area contributed by atoms with Gasteiger partial charge in [0.15, 0.2) is 5.82 Å². The molecular formula is C37H32N6OPt. The van der Waals surface area contributed by atoms with Crippen molar-refractivity contribution in [3.8, 4) is 11.5 Å². The van der Waals surface area contributed by atoms with Gasteiger partial charge in [0.2, 0.25) is 5.96 Å². The molecule has 6 heterocycles. The minimum absolute atomic E-state index is 0. The van der Waals surface area contributed by atoms with Crippen LogP contribution in [0.2, 0.25) is 0 Å². The molecule has 0 fully saturated rings. The summed E-state index contributed by atoms with van der Waals surface area (Å²) in [5.74, 6) is 2.99. The third kappa shape index (κ3) is 3.71. The third-order valence-corrected chi connectivity index (χ3v) is 10.4. The van der Waals surface area contributed by atoms with Crippen molar-refractivity contribution in [3.63, 3.8) is 0 Å². The molecule has 8 heteroatoms. The van der Waals surface area contributed by atoms with E-state index in [1.54, 1.807) is 0 Å². The molecule has 9 rings (SSSR count). The Morgan fingerprint density at radius 3 is 2.60 bits per heavy atom. The summed E-state index contributed by atoms with van der Waals surface area (Å²) in [4.78, 5) is 18.9. The molecule has 0 radical (unpaired) electrons. The SMILES string of the molecule is Cc1ccc2c3c1c1ccc(Oc4[c-]c(N5C6=NCCCN6c6cccnc65)ccc4)[c-]c1c1ncc(n13)C(C)(C)C2(C)C.[Pt+2]. The largest absolute Gasteiger partial charge is 2.00 e. The van der Waals surface area contributed by atoms with Gasteiger partial charge in [-0.05, 0) is 36.4 Å². The van der Waals surface area contributed by atoms with E-state index in [1.807, 2.05) is 36.5 Å². The molecule has 0 spiro atoms. The maximum absolute atomic E-state index is 6.47. The number of imidazole rings is 1. The van der Waals surface area contributed by atoms with Crippen LogP contribution in [0.5, 0.6) is 11.5 Å². The molecule has 0 saturated carbocycles. The van der Waals surface area contributed by atoms with Crippen LogP contribution < -0.4 is 14.5 Å². The Morgan fingerprint density at radius 1 is 0.889 bits per heavy atom. The summed E-state index contributed by atoms with van der Waals surface area (Å²) in [7, 11) is 0. The number of hydrogen-bond acceptors (Lipinski definition) is 6. The summed E-state index contributed by atoms with van der Waals surface area (Å²) in [6.07, 6.45) is 4.90. The quantitative estimate of drug-likeness (QED) is 0.135. The van der Waals surface area contributed by atoms with Crippen molar-refractivity contribution < 1.29 is 25.8 Å². The first-order valence-corrected chi connectivity index (χ1v) is 15.3. The second kappa shape index (κ2) is 9.64. The van der Waals surface area contributed by atoms with E-state index in [1.165, 1.54) is 27.7 Å². The number of aromatic nitrogens is 3. The number of guanidine groups is 1. The monoisotopic (exact) mass is 771 g/mol. The fourth-order valence-corrected chi connectivity index (χ4v) is 7.39. The van der Waals surface area contributed by atoms with Crippen LogP contribution in [0.15, 0.2) is 72.0 Å². The molecule has 3 aliphatic rings. The predicted molar refractivity (Wildman–Crippen MR) is 176 cm³/mol. The number of aryl methyl sites for hydroxylation is 1. The van der Waals surface area contributed by atoms with Gasteiger partial charge >= 0.3 is 21.1 Å². The Balaban J connectivity index is 0.00000300. The Kier molecular flexibility index (Phi) is 6.05. The third-order valence-electron chi connectivity index (χ3n) is 10.4. The first kappa shape index (κ1) is 28.3. The van der Waals surface area contributed by atoms with Crippen molar-refractivity contribution in [3.05, 3.63) is 95.9 Å². The molecule has 0 unspecified atom stereocenters. The molecule has 226 valence electrons. The molecule has 0 bridgehead atoms. The predicted octanol–water partition coefficient (Wildman–Crippen LogP) is 8.02. The Morgan fingerprint density at radius 2 is 1.73 bits per heavy atom. The molecule has 0 N–H and O–H groups in total. The average Bonchev–Trinajstić information content (AvgIpc) is 3.62. The zero-order valence-electron chi connectivity index (χ0n) is 25.9. The van der Waals surface area contributed by atoms with Crippen LogP contribution in [-0.4, -0.2) is 33.4 Å². The van der Waals surface area contributed by atoms with Crippen molar-refractivity contribution in [2.24, 2.45) is 4.99 Å². The van der Waals surface area contributed by atoms with Gasteiger partial charge in [-0.3, -0.25) is 14.9 Å². The zero-order valence-corrected chi connectivity index (χ0v) is 28.2. The van der Waals surface area contributed by atoms with Crippen LogP contribution in [0.25, 0.3) is 27.3 Å². The number of aliphatic imine (C=N–C) groups is 1. The fraction of sp³-hybridized carbons (Fsp3) is 0.270. The summed E-state index contributed by atoms with van der Waals surface area (Å²) < 4.78 is 8.84. The maximum atomic E-state index is 6.47. The summed E-state index contributed by atoms with van der Waals surface area (Å²) >= 11 is 0. The molecule has 0 saturated heterocycles. The minimum Gasteiger partial charge on any atom is -0.503 e. The minimum atomic E-state index is -0.111. The molecule has 0 atom stereocenters. The number of hydrogen-bond donors (Lipinski definition) is 0. The van der Waals surface area contributed by atoms with Gasteiger partial charge < -0.3 is 14.0 Å². The molecule has 3 aromatic carbocycles. The number of nitrogens with zero attached hydrogens (tertiary/aromatic N) is 6. The summed E-state index contributed by atoms with van der Waals surface area (Å²) in [5, 5.41) is 3.35. The van der Waals surface area contributed by atoms with Crippen LogP contribution in [0.4, 0.5) is 17.2 Å². The topological polar surface area (TPSA) is 58.3 Å². The van der Waals surface area contributed by atoms with Gasteiger partial charge in [0, 0.05) is 59.0 Å². The standard InChI is InChI=1S/C37H32N6O.Pt/c1-22-12-15-28-32-31(22)26-14-13-25(20-27(26)33-40-21-30(43(32)33)37(4,5)36(28,2)3)44-24-10-6-9-23(19-24)42-34-29(11-7-16-38-34)41-18-8-17-39-35(41)42;/h6-7,9-16,21H,8,17-18H2,1-5H3;/q-2;+2. The van der Waals surface area contributed by atoms with Crippen LogP contribution in [-0.2, 0) is 31.9 Å². The van der Waals surface area contributed by atoms with E-state index in [-0.39, 0.29) is 31.9 Å². The number of benzene rings is 3. The van der Waals surface area contributed by atoms with E-state index in [0.717, 1.165) is 59.1 Å². The number of fused-ring (bicyclic) bond motifs is 6. The second-order valence-electron chi connectivity index (χ2n) is 13.2. The normalized spacial score (nSPS) is 17.4. The number of pyridine rings is 2. The van der Waals surface area contributed by atoms with E-state index >= 15 is 0 Å². The molecule has 3 aliphatic heterocycles. The number of rotatable bonds is 3. The Labute approximate surface area is 276 Å². The van der Waals surface area contributed by atoms with E-state index in [9.17, 15) is 0 Å². The van der Waals surface area contributed by atoms with Gasteiger partial charge in [0.05, 0.1) is 11.3 Å². The van der Waals surface area contributed by atoms with Crippen LogP contribution in [0, 0.1) is 19.1 Å². The van der Waals surface area contributed by atoms with Crippen molar-refractivity contribution in [2.75, 3.05) is 22.9 Å². The molecule has 0 aliphatic carbocycles. The molecule has 7 nitrogen and oxygen atoms in total. The van der Waals surface area contributed by atoms with Crippen molar-refractivity contribution >= 4 is 50.5 Å². The maximum Gasteiger partial charge on any atom is 2.00 e. The van der Waals surface area contributed by atoms with E-state index in [2.05, 4.69) is 91.4 Å². The van der Waals surface area contributed by atoms with Crippen molar-refractivity contribution in [2.45, 2.75) is 51.9 Å². The number of anilines is 3. The zero-order chi connectivity index (χ0) is 30.0. The first-order valence-electron chi connectivity index (χ1n) is 15.3. The van der Waals surface area contributed by atoms with E-state index < -0.39 is 0 Å². The average molecular weight is 772 g/mol. The summed E-state index contributed by atoms with van der Waals surface area (Å²) in [6, 6.07) is 25.9. The molecule has 45 heavy (non-hydrogen) atoms. The molecule has 3 aromatic heterocycles. The van der Waals surface area contributed by atoms with Gasteiger partial charge in [-0.1, -0.05) is 67.9 Å². The van der Waals surface area contributed by atoms with Gasteiger partial charge in [-0.15, -0.1) is 30.3 Å². The Hall–Kier alpha value is -4.22. The Bertz CT molecular complexity index is 2230. The van der Waals surface area contributed by atoms with Crippen LogP contribution >= 0.6 is 0 Å². The van der Waals surface area contributed by atoms with Gasteiger partial charge in [-0.2, -0.15) is 6.07 Å². The van der Waals surface area contributed by atoms with Gasteiger partial charge in [0.25, 0.3) is 0 Å². The van der Waals surface area contributed by atoms with E-state index in [4.69, 9.17) is 19.7 Å². The van der Waals surface area contributed by atoms with Gasteiger partial charge in [0.1, 0.15) is 0 Å². The molecule has 0 amide bonds. The van der Waals surface area contributed by atoms with Crippen LogP contribution in [0.1, 0.15) is 50.9 Å². The van der Waals surface area contributed by atoms with Crippen molar-refractivity contribution in [1.82, 2.24) is 14.4 Å². The van der Waals surface area contributed by atoms with Crippen LogP contribution in [0.3, 0.4) is 0 Å². The smallest absolute Gasteiger partial charge is 0.503 e. The molecule has 6 aromatic rings. The van der Waals surface area contributed by atoms with Gasteiger partial charge in [-0.25, -0.2) is 4.98 Å². The second-order valence-corrected chi connectivity index (χ2v) is 13.2. The summed E-state index contributed by atoms with van der Waals surface area (Å²) in [5.41, 5.74) is 7.73. The number of ether oxygens (including phenoxy) is 1. The molecular weight excluding hydrogens is 740 g/mol. The van der Waals surface area contributed by atoms with Crippen molar-refractivity contribution in [1.29, 1.82) is 0 Å². The summed E-state index contributed by atoms with van der Waals surface area (Å²) in [6.45, 7) is 13.3. The van der Waals surface area contributed by atoms with E-state index in [0.29, 0.717) is 11.5 Å². The first-order chi connectivity index (χ1) is 21.3.